The predicted octanol–water partition coefficient (Wildman–Crippen LogP) is 1.72. The molecule has 1 fully saturated rings. The molecule has 2 aliphatic heterocycles. The van der Waals surface area contributed by atoms with Crippen molar-refractivity contribution in [2.24, 2.45) is 0 Å². The van der Waals surface area contributed by atoms with Gasteiger partial charge in [-0.05, 0) is 39.8 Å². The SMILES string of the molecule is COc1ccc2c(c1B1OC(C)(C)C(C)(C)O1)OCO2. The Morgan fingerprint density at radius 3 is 2.30 bits per heavy atom. The fourth-order valence-electron chi connectivity index (χ4n) is 2.34. The number of hydrogen-bond donors (Lipinski definition) is 0. The molecule has 1 aromatic rings. The van der Waals surface area contributed by atoms with Crippen molar-refractivity contribution in [3.8, 4) is 17.2 Å². The number of benzene rings is 1. The fourth-order valence-corrected chi connectivity index (χ4v) is 2.34. The maximum atomic E-state index is 6.08. The van der Waals surface area contributed by atoms with Crippen LogP contribution in [0.2, 0.25) is 0 Å². The van der Waals surface area contributed by atoms with Crippen LogP contribution in [-0.2, 0) is 9.31 Å². The van der Waals surface area contributed by atoms with Gasteiger partial charge in [0, 0.05) is 0 Å². The van der Waals surface area contributed by atoms with Gasteiger partial charge in [0.05, 0.1) is 23.8 Å². The number of hydrogen-bond acceptors (Lipinski definition) is 5. The van der Waals surface area contributed by atoms with Crippen molar-refractivity contribution in [1.29, 1.82) is 0 Å². The molecule has 0 aliphatic carbocycles. The monoisotopic (exact) mass is 278 g/mol. The molecule has 2 aliphatic rings. The minimum Gasteiger partial charge on any atom is -0.497 e. The topological polar surface area (TPSA) is 46.2 Å². The zero-order valence-electron chi connectivity index (χ0n) is 12.5. The zero-order valence-corrected chi connectivity index (χ0v) is 12.5. The van der Waals surface area contributed by atoms with Gasteiger partial charge in [-0.15, -0.1) is 0 Å². The number of rotatable bonds is 2. The van der Waals surface area contributed by atoms with Crippen LogP contribution < -0.4 is 19.7 Å². The average Bonchev–Trinajstić information content (AvgIpc) is 2.90. The molecule has 5 nitrogen and oxygen atoms in total. The van der Waals surface area contributed by atoms with Crippen molar-refractivity contribution in [2.45, 2.75) is 38.9 Å². The standard InChI is InChI=1S/C14H19BO5/c1-13(2)14(3,4)20-15(19-13)11-9(16-5)6-7-10-12(11)18-8-17-10/h6-7H,8H2,1-5H3. The molecule has 2 heterocycles. The van der Waals surface area contributed by atoms with Gasteiger partial charge < -0.3 is 23.5 Å². The molecule has 0 unspecified atom stereocenters. The third kappa shape index (κ3) is 1.86. The van der Waals surface area contributed by atoms with Crippen LogP contribution in [0.25, 0.3) is 0 Å². The predicted molar refractivity (Wildman–Crippen MR) is 74.8 cm³/mol. The molecule has 0 saturated carbocycles. The molecule has 0 N–H and O–H groups in total. The minimum absolute atomic E-state index is 0.203. The number of methoxy groups -OCH3 is 1. The third-order valence-electron chi connectivity index (χ3n) is 4.25. The van der Waals surface area contributed by atoms with E-state index >= 15 is 0 Å². The first kappa shape index (κ1) is 13.6. The molecular weight excluding hydrogens is 259 g/mol. The summed E-state index contributed by atoms with van der Waals surface area (Å²) in [5, 5.41) is 0. The Balaban J connectivity index is 2.05. The highest BCUT2D eigenvalue weighted by molar-refractivity contribution is 6.64. The van der Waals surface area contributed by atoms with Crippen LogP contribution in [0.4, 0.5) is 0 Å². The molecule has 0 radical (unpaired) electrons. The zero-order chi connectivity index (χ0) is 14.5. The summed E-state index contributed by atoms with van der Waals surface area (Å²) in [6, 6.07) is 3.67. The van der Waals surface area contributed by atoms with Gasteiger partial charge >= 0.3 is 7.12 Å². The lowest BCUT2D eigenvalue weighted by molar-refractivity contribution is 0.00578. The molecule has 1 aromatic carbocycles. The Labute approximate surface area is 119 Å². The molecule has 0 bridgehead atoms. The van der Waals surface area contributed by atoms with Crippen LogP contribution in [0.1, 0.15) is 27.7 Å². The Morgan fingerprint density at radius 1 is 1.05 bits per heavy atom. The van der Waals surface area contributed by atoms with E-state index in [1.165, 1.54) is 0 Å². The Morgan fingerprint density at radius 2 is 1.70 bits per heavy atom. The highest BCUT2D eigenvalue weighted by atomic mass is 16.7. The summed E-state index contributed by atoms with van der Waals surface area (Å²) in [5.41, 5.74) is -0.0726. The molecule has 1 saturated heterocycles. The minimum atomic E-state index is -0.536. The quantitative estimate of drug-likeness (QED) is 0.771. The average molecular weight is 278 g/mol. The van der Waals surface area contributed by atoms with Crippen LogP contribution in [0.5, 0.6) is 17.2 Å². The first-order valence-corrected chi connectivity index (χ1v) is 6.68. The van der Waals surface area contributed by atoms with E-state index in [1.807, 2.05) is 39.8 Å². The lowest BCUT2D eigenvalue weighted by atomic mass is 9.77. The lowest BCUT2D eigenvalue weighted by Crippen LogP contribution is -2.41. The molecule has 0 amide bonds. The van der Waals surface area contributed by atoms with Crippen molar-refractivity contribution in [2.75, 3.05) is 13.9 Å². The van der Waals surface area contributed by atoms with Crippen molar-refractivity contribution in [3.05, 3.63) is 12.1 Å². The Hall–Kier alpha value is -1.40. The van der Waals surface area contributed by atoms with E-state index in [0.29, 0.717) is 17.2 Å². The summed E-state index contributed by atoms with van der Waals surface area (Å²) in [5.74, 6) is 2.01. The summed E-state index contributed by atoms with van der Waals surface area (Å²) in [6.07, 6.45) is 0. The van der Waals surface area contributed by atoms with E-state index in [9.17, 15) is 0 Å². The van der Waals surface area contributed by atoms with E-state index in [2.05, 4.69) is 0 Å². The van der Waals surface area contributed by atoms with Gasteiger partial charge in [-0.25, -0.2) is 0 Å². The maximum absolute atomic E-state index is 6.08. The Bertz CT molecular complexity index is 525. The maximum Gasteiger partial charge on any atom is 0.502 e. The molecular formula is C14H19BO5. The molecule has 6 heteroatoms. The summed E-state index contributed by atoms with van der Waals surface area (Å²) in [7, 11) is 1.08. The second-order valence-electron chi connectivity index (χ2n) is 6.00. The molecule has 20 heavy (non-hydrogen) atoms. The van der Waals surface area contributed by atoms with Crippen LogP contribution >= 0.6 is 0 Å². The first-order chi connectivity index (χ1) is 9.36. The van der Waals surface area contributed by atoms with Gasteiger partial charge in [0.25, 0.3) is 0 Å². The first-order valence-electron chi connectivity index (χ1n) is 6.68. The molecule has 108 valence electrons. The second-order valence-corrected chi connectivity index (χ2v) is 6.00. The molecule has 0 aromatic heterocycles. The van der Waals surface area contributed by atoms with Gasteiger partial charge in [0.15, 0.2) is 11.5 Å². The molecule has 0 spiro atoms. The fraction of sp³-hybridized carbons (Fsp3) is 0.571. The second kappa shape index (κ2) is 4.30. The summed E-state index contributed by atoms with van der Waals surface area (Å²) >= 11 is 0. The van der Waals surface area contributed by atoms with Crippen molar-refractivity contribution >= 4 is 12.6 Å². The van der Waals surface area contributed by atoms with E-state index in [1.54, 1.807) is 7.11 Å². The summed E-state index contributed by atoms with van der Waals surface area (Å²) in [4.78, 5) is 0. The number of fused-ring (bicyclic) bond motifs is 1. The largest absolute Gasteiger partial charge is 0.502 e. The van der Waals surface area contributed by atoms with Crippen LogP contribution in [0.15, 0.2) is 12.1 Å². The van der Waals surface area contributed by atoms with Crippen molar-refractivity contribution in [3.63, 3.8) is 0 Å². The highest BCUT2D eigenvalue weighted by Gasteiger charge is 2.54. The van der Waals surface area contributed by atoms with Gasteiger partial charge in [-0.3, -0.25) is 0 Å². The van der Waals surface area contributed by atoms with Crippen LogP contribution in [0, 0.1) is 0 Å². The summed E-state index contributed by atoms with van der Waals surface area (Å²) in [6.45, 7) is 8.26. The van der Waals surface area contributed by atoms with Crippen molar-refractivity contribution in [1.82, 2.24) is 0 Å². The van der Waals surface area contributed by atoms with Gasteiger partial charge in [0.2, 0.25) is 6.79 Å². The normalized spacial score (nSPS) is 22.1. The van der Waals surface area contributed by atoms with Gasteiger partial charge in [-0.2, -0.15) is 0 Å². The Kier molecular flexibility index (Phi) is 2.92. The van der Waals surface area contributed by atoms with Crippen molar-refractivity contribution < 1.29 is 23.5 Å². The molecule has 0 atom stereocenters. The van der Waals surface area contributed by atoms with Crippen LogP contribution in [-0.4, -0.2) is 32.2 Å². The summed E-state index contributed by atoms with van der Waals surface area (Å²) < 4.78 is 28.6. The van der Waals surface area contributed by atoms with Gasteiger partial charge in [-0.1, -0.05) is 0 Å². The van der Waals surface area contributed by atoms with Gasteiger partial charge in [0.1, 0.15) is 5.75 Å². The number of ether oxygens (including phenoxy) is 3. The third-order valence-corrected chi connectivity index (χ3v) is 4.25. The molecule has 3 rings (SSSR count). The van der Waals surface area contributed by atoms with E-state index < -0.39 is 18.3 Å². The lowest BCUT2D eigenvalue weighted by Gasteiger charge is -2.32. The van der Waals surface area contributed by atoms with E-state index in [0.717, 1.165) is 5.46 Å². The smallest absolute Gasteiger partial charge is 0.497 e. The van der Waals surface area contributed by atoms with Crippen LogP contribution in [0.3, 0.4) is 0 Å². The highest BCUT2D eigenvalue weighted by Crippen LogP contribution is 2.41. The van der Waals surface area contributed by atoms with E-state index in [-0.39, 0.29) is 6.79 Å². The van der Waals surface area contributed by atoms with E-state index in [4.69, 9.17) is 23.5 Å².